The van der Waals surface area contributed by atoms with E-state index in [1.165, 1.54) is 0 Å². The standard InChI is InChI=1S/C13H15N5S/c1-8-5-9(2)18-12(15-8)16-13(17-18)19-11-4-3-10(6-11)7-14/h5,10-11H,3-4,6H2,1-2H3/t10-,11-/m0/s1. The van der Waals surface area contributed by atoms with Crippen LogP contribution in [0.3, 0.4) is 0 Å². The summed E-state index contributed by atoms with van der Waals surface area (Å²) >= 11 is 1.68. The van der Waals surface area contributed by atoms with Gasteiger partial charge in [-0.05, 0) is 39.2 Å². The van der Waals surface area contributed by atoms with Crippen LogP contribution in [0.25, 0.3) is 5.78 Å². The highest BCUT2D eigenvalue weighted by Crippen LogP contribution is 2.36. The number of hydrogen-bond acceptors (Lipinski definition) is 5. The van der Waals surface area contributed by atoms with Gasteiger partial charge in [0.05, 0.1) is 6.07 Å². The Morgan fingerprint density at radius 1 is 1.37 bits per heavy atom. The first-order valence-electron chi connectivity index (χ1n) is 6.43. The molecule has 98 valence electrons. The first-order chi connectivity index (χ1) is 9.15. The summed E-state index contributed by atoms with van der Waals surface area (Å²) < 4.78 is 1.78. The summed E-state index contributed by atoms with van der Waals surface area (Å²) in [6.07, 6.45) is 3.02. The number of rotatable bonds is 2. The zero-order chi connectivity index (χ0) is 13.4. The zero-order valence-electron chi connectivity index (χ0n) is 11.0. The number of aryl methyl sites for hydroxylation is 2. The van der Waals surface area contributed by atoms with Gasteiger partial charge in [0, 0.05) is 22.6 Å². The van der Waals surface area contributed by atoms with E-state index in [4.69, 9.17) is 5.26 Å². The monoisotopic (exact) mass is 273 g/mol. The van der Waals surface area contributed by atoms with E-state index in [1.54, 1.807) is 16.3 Å². The van der Waals surface area contributed by atoms with Crippen molar-refractivity contribution in [3.8, 4) is 6.07 Å². The molecule has 6 heteroatoms. The maximum absolute atomic E-state index is 8.93. The third kappa shape index (κ3) is 2.43. The number of nitrogens with zero attached hydrogens (tertiary/aromatic N) is 5. The molecule has 1 fully saturated rings. The molecular formula is C13H15N5S. The Kier molecular flexibility index (Phi) is 3.15. The molecule has 0 spiro atoms. The first kappa shape index (κ1) is 12.4. The minimum atomic E-state index is 0.205. The van der Waals surface area contributed by atoms with Crippen LogP contribution in [0, 0.1) is 31.1 Å². The van der Waals surface area contributed by atoms with Gasteiger partial charge < -0.3 is 0 Å². The van der Waals surface area contributed by atoms with Gasteiger partial charge in [-0.15, -0.1) is 5.10 Å². The Balaban J connectivity index is 1.83. The fourth-order valence-electron chi connectivity index (χ4n) is 2.51. The topological polar surface area (TPSA) is 66.9 Å². The second-order valence-corrected chi connectivity index (χ2v) is 6.29. The second-order valence-electron chi connectivity index (χ2n) is 5.02. The Hall–Kier alpha value is -1.61. The van der Waals surface area contributed by atoms with E-state index in [0.29, 0.717) is 11.0 Å². The lowest BCUT2D eigenvalue weighted by molar-refractivity contribution is 0.702. The van der Waals surface area contributed by atoms with Crippen molar-refractivity contribution in [2.75, 3.05) is 0 Å². The molecule has 0 unspecified atom stereocenters. The fraction of sp³-hybridized carbons (Fsp3) is 0.538. The molecule has 0 amide bonds. The summed E-state index contributed by atoms with van der Waals surface area (Å²) in [5.41, 5.74) is 2.00. The van der Waals surface area contributed by atoms with Gasteiger partial charge in [-0.25, -0.2) is 9.50 Å². The Morgan fingerprint density at radius 3 is 2.95 bits per heavy atom. The average Bonchev–Trinajstić information content (AvgIpc) is 2.96. The van der Waals surface area contributed by atoms with Gasteiger partial charge in [0.15, 0.2) is 0 Å². The van der Waals surface area contributed by atoms with Crippen molar-refractivity contribution in [2.45, 2.75) is 43.5 Å². The van der Waals surface area contributed by atoms with Crippen molar-refractivity contribution >= 4 is 17.5 Å². The summed E-state index contributed by atoms with van der Waals surface area (Å²) in [6.45, 7) is 3.97. The highest BCUT2D eigenvalue weighted by molar-refractivity contribution is 7.99. The first-order valence-corrected chi connectivity index (χ1v) is 7.31. The van der Waals surface area contributed by atoms with Crippen molar-refractivity contribution < 1.29 is 0 Å². The van der Waals surface area contributed by atoms with Crippen molar-refractivity contribution in [3.63, 3.8) is 0 Å². The smallest absolute Gasteiger partial charge is 0.216 e. The third-order valence-corrected chi connectivity index (χ3v) is 4.58. The van der Waals surface area contributed by atoms with Gasteiger partial charge in [-0.1, -0.05) is 11.8 Å². The van der Waals surface area contributed by atoms with Crippen LogP contribution >= 0.6 is 11.8 Å². The van der Waals surface area contributed by atoms with E-state index in [2.05, 4.69) is 21.1 Å². The fourth-order valence-corrected chi connectivity index (χ4v) is 3.66. The van der Waals surface area contributed by atoms with E-state index in [0.717, 1.165) is 35.8 Å². The molecule has 2 aromatic heterocycles. The Morgan fingerprint density at radius 2 is 2.21 bits per heavy atom. The SMILES string of the molecule is Cc1cc(C)n2nc(S[C@H]3CC[C@H](C#N)C3)nc2n1. The lowest BCUT2D eigenvalue weighted by Crippen LogP contribution is -1.98. The number of nitriles is 1. The van der Waals surface area contributed by atoms with E-state index in [1.807, 2.05) is 19.9 Å². The largest absolute Gasteiger partial charge is 0.253 e. The third-order valence-electron chi connectivity index (χ3n) is 3.44. The molecule has 0 radical (unpaired) electrons. The number of hydrogen-bond donors (Lipinski definition) is 0. The summed E-state index contributed by atoms with van der Waals surface area (Å²) in [5, 5.41) is 14.6. The van der Waals surface area contributed by atoms with Crippen LogP contribution in [0.2, 0.25) is 0 Å². The number of thioether (sulfide) groups is 1. The molecule has 0 bridgehead atoms. The summed E-state index contributed by atoms with van der Waals surface area (Å²) in [5.74, 6) is 0.867. The van der Waals surface area contributed by atoms with Crippen LogP contribution < -0.4 is 0 Å². The van der Waals surface area contributed by atoms with E-state index in [-0.39, 0.29) is 5.92 Å². The lowest BCUT2D eigenvalue weighted by Gasteiger charge is -2.03. The summed E-state index contributed by atoms with van der Waals surface area (Å²) in [6, 6.07) is 4.35. The van der Waals surface area contributed by atoms with Gasteiger partial charge in [-0.3, -0.25) is 0 Å². The molecule has 19 heavy (non-hydrogen) atoms. The maximum Gasteiger partial charge on any atom is 0.253 e. The normalized spacial score (nSPS) is 22.8. The quantitative estimate of drug-likeness (QED) is 0.841. The van der Waals surface area contributed by atoms with Gasteiger partial charge >= 0.3 is 0 Å². The minimum Gasteiger partial charge on any atom is -0.216 e. The van der Waals surface area contributed by atoms with Crippen molar-refractivity contribution in [1.29, 1.82) is 5.26 Å². The molecule has 2 heterocycles. The molecule has 2 atom stereocenters. The zero-order valence-corrected chi connectivity index (χ0v) is 11.8. The molecular weight excluding hydrogens is 258 g/mol. The van der Waals surface area contributed by atoms with Crippen LogP contribution in [0.4, 0.5) is 0 Å². The lowest BCUT2D eigenvalue weighted by atomic mass is 10.1. The molecule has 2 aromatic rings. The van der Waals surface area contributed by atoms with Crippen LogP contribution in [0.15, 0.2) is 11.2 Å². The van der Waals surface area contributed by atoms with Crippen LogP contribution in [-0.4, -0.2) is 24.8 Å². The molecule has 0 saturated heterocycles. The number of fused-ring (bicyclic) bond motifs is 1. The highest BCUT2D eigenvalue weighted by atomic mass is 32.2. The van der Waals surface area contributed by atoms with E-state index in [9.17, 15) is 0 Å². The summed E-state index contributed by atoms with van der Waals surface area (Å²) in [4.78, 5) is 8.86. The molecule has 1 aliphatic carbocycles. The van der Waals surface area contributed by atoms with Crippen molar-refractivity contribution in [2.24, 2.45) is 5.92 Å². The number of aromatic nitrogens is 4. The predicted molar refractivity (Wildman–Crippen MR) is 72.9 cm³/mol. The molecule has 0 aliphatic heterocycles. The summed E-state index contributed by atoms with van der Waals surface area (Å²) in [7, 11) is 0. The molecule has 3 rings (SSSR count). The van der Waals surface area contributed by atoms with Gasteiger partial charge in [0.2, 0.25) is 5.16 Å². The van der Waals surface area contributed by atoms with E-state index >= 15 is 0 Å². The van der Waals surface area contributed by atoms with Crippen LogP contribution in [0.5, 0.6) is 0 Å². The van der Waals surface area contributed by atoms with Crippen molar-refractivity contribution in [3.05, 3.63) is 17.5 Å². The second kappa shape index (κ2) is 4.82. The Bertz CT molecular complexity index is 657. The van der Waals surface area contributed by atoms with Gasteiger partial charge in [0.1, 0.15) is 0 Å². The van der Waals surface area contributed by atoms with Crippen molar-refractivity contribution in [1.82, 2.24) is 19.6 Å². The maximum atomic E-state index is 8.93. The van der Waals surface area contributed by atoms with Gasteiger partial charge in [-0.2, -0.15) is 10.2 Å². The van der Waals surface area contributed by atoms with Gasteiger partial charge in [0.25, 0.3) is 5.78 Å². The minimum absolute atomic E-state index is 0.205. The van der Waals surface area contributed by atoms with Crippen LogP contribution in [-0.2, 0) is 0 Å². The van der Waals surface area contributed by atoms with E-state index < -0.39 is 0 Å². The molecule has 1 aliphatic rings. The Labute approximate surface area is 116 Å². The predicted octanol–water partition coefficient (Wildman–Crippen LogP) is 2.53. The highest BCUT2D eigenvalue weighted by Gasteiger charge is 2.26. The molecule has 0 N–H and O–H groups in total. The molecule has 1 saturated carbocycles. The average molecular weight is 273 g/mol. The molecule has 5 nitrogen and oxygen atoms in total. The van der Waals surface area contributed by atoms with Crippen LogP contribution in [0.1, 0.15) is 30.7 Å². The molecule has 0 aromatic carbocycles.